The van der Waals surface area contributed by atoms with Gasteiger partial charge in [-0.25, -0.2) is 9.59 Å². The third kappa shape index (κ3) is 11.7. The topological polar surface area (TPSA) is 145 Å². The summed E-state index contributed by atoms with van der Waals surface area (Å²) in [4.78, 5) is 52.3. The van der Waals surface area contributed by atoms with Crippen molar-refractivity contribution in [2.45, 2.75) is 54.1 Å². The fourth-order valence-electron chi connectivity index (χ4n) is 6.40. The fourth-order valence-corrected chi connectivity index (χ4v) is 6.40. The third-order valence-electron chi connectivity index (χ3n) is 9.61. The summed E-state index contributed by atoms with van der Waals surface area (Å²) in [5.41, 5.74) is 7.71. The SMILES string of the molecule is CC(=O)Nc1c(OCc2ccccc2)cc(C(=O)OCc2ccccc2)c(C)c1C.CC(=O)Nc1c(OCc2ccccc2)cc(C(=O)OCc2ccccc2)c2cc[nH]c12. The Morgan fingerprint density at radius 2 is 0.885 bits per heavy atom. The minimum atomic E-state index is -0.465. The Hall–Kier alpha value is -7.66. The molecule has 310 valence electrons. The van der Waals surface area contributed by atoms with Gasteiger partial charge in [0.2, 0.25) is 11.8 Å². The third-order valence-corrected chi connectivity index (χ3v) is 9.61. The number of H-pyrrole nitrogens is 1. The molecule has 61 heavy (non-hydrogen) atoms. The number of aromatic amines is 1. The zero-order valence-electron chi connectivity index (χ0n) is 34.5. The average Bonchev–Trinajstić information content (AvgIpc) is 3.77. The van der Waals surface area contributed by atoms with Gasteiger partial charge in [0.05, 0.1) is 22.3 Å². The van der Waals surface area contributed by atoms with Crippen LogP contribution in [0.3, 0.4) is 0 Å². The number of hydrogen-bond donors (Lipinski definition) is 3. The van der Waals surface area contributed by atoms with Crippen LogP contribution in [0.5, 0.6) is 11.5 Å². The lowest BCUT2D eigenvalue weighted by Crippen LogP contribution is -2.14. The molecule has 0 atom stereocenters. The second kappa shape index (κ2) is 20.9. The molecule has 0 saturated heterocycles. The number of carbonyl (C=O) groups excluding carboxylic acids is 4. The zero-order chi connectivity index (χ0) is 43.1. The first-order valence-corrected chi connectivity index (χ1v) is 19.7. The van der Waals surface area contributed by atoms with Gasteiger partial charge in [-0.2, -0.15) is 0 Å². The van der Waals surface area contributed by atoms with E-state index in [9.17, 15) is 19.2 Å². The van der Waals surface area contributed by atoms with E-state index in [1.165, 1.54) is 13.8 Å². The van der Waals surface area contributed by atoms with Crippen LogP contribution >= 0.6 is 0 Å². The molecular weight excluding hydrogens is 771 g/mol. The number of aromatic nitrogens is 1. The van der Waals surface area contributed by atoms with E-state index in [0.717, 1.165) is 33.4 Å². The number of amides is 2. The highest BCUT2D eigenvalue weighted by Crippen LogP contribution is 2.37. The smallest absolute Gasteiger partial charge is 0.339 e. The van der Waals surface area contributed by atoms with Gasteiger partial charge in [-0.3, -0.25) is 9.59 Å². The highest BCUT2D eigenvalue weighted by Gasteiger charge is 2.22. The molecule has 11 heteroatoms. The molecule has 1 aromatic heterocycles. The van der Waals surface area contributed by atoms with Crippen LogP contribution in [0, 0.1) is 13.8 Å². The number of fused-ring (bicyclic) bond motifs is 1. The lowest BCUT2D eigenvalue weighted by molar-refractivity contribution is -0.115. The maximum Gasteiger partial charge on any atom is 0.339 e. The van der Waals surface area contributed by atoms with Gasteiger partial charge in [0.1, 0.15) is 43.6 Å². The number of anilines is 2. The van der Waals surface area contributed by atoms with Gasteiger partial charge in [-0.15, -0.1) is 0 Å². The molecule has 0 aliphatic rings. The summed E-state index contributed by atoms with van der Waals surface area (Å²) < 4.78 is 23.0. The molecule has 2 amide bonds. The van der Waals surface area contributed by atoms with E-state index in [-0.39, 0.29) is 31.6 Å². The number of benzene rings is 6. The van der Waals surface area contributed by atoms with E-state index in [1.807, 2.05) is 135 Å². The predicted molar refractivity (Wildman–Crippen MR) is 235 cm³/mol. The summed E-state index contributed by atoms with van der Waals surface area (Å²) in [5.74, 6) is -0.517. The van der Waals surface area contributed by atoms with Gasteiger partial charge in [0, 0.05) is 25.4 Å². The van der Waals surface area contributed by atoms with E-state index in [1.54, 1.807) is 24.4 Å². The Morgan fingerprint density at radius 1 is 0.492 bits per heavy atom. The van der Waals surface area contributed by atoms with Crippen molar-refractivity contribution in [3.05, 3.63) is 190 Å². The van der Waals surface area contributed by atoms with Crippen LogP contribution in [0.25, 0.3) is 10.9 Å². The van der Waals surface area contributed by atoms with E-state index >= 15 is 0 Å². The van der Waals surface area contributed by atoms with Gasteiger partial charge in [0.15, 0.2) is 0 Å². The summed E-state index contributed by atoms with van der Waals surface area (Å²) >= 11 is 0. The van der Waals surface area contributed by atoms with Crippen LogP contribution in [0.15, 0.2) is 146 Å². The first kappa shape index (κ1) is 42.9. The maximum atomic E-state index is 12.9. The standard InChI is InChI=1S/C25H22N2O4.C25H25NO4/c1-17(28)27-24-22(30-15-18-8-4-2-5-9-18)14-21(20-12-13-26-23(20)24)25(29)31-16-19-10-6-3-7-11-19;1-17-18(2)24(26-19(3)27)23(29-15-20-10-6-4-7-11-20)14-22(17)25(28)30-16-21-12-8-5-9-13-21/h2-14,26H,15-16H2,1H3,(H,27,28);4-14H,15-16H2,1-3H3,(H,26,27). The molecule has 0 aliphatic carbocycles. The second-order valence-corrected chi connectivity index (χ2v) is 14.1. The van der Waals surface area contributed by atoms with Gasteiger partial charge in [-0.1, -0.05) is 121 Å². The minimum Gasteiger partial charge on any atom is -0.487 e. The Kier molecular flexibility index (Phi) is 14.7. The van der Waals surface area contributed by atoms with Crippen LogP contribution in [-0.2, 0) is 45.5 Å². The molecular formula is C50H47N3O8. The molecule has 0 unspecified atom stereocenters. The minimum absolute atomic E-state index is 0.166. The van der Waals surface area contributed by atoms with Crippen LogP contribution < -0.4 is 20.1 Å². The fraction of sp³-hybridized carbons (Fsp3) is 0.160. The quantitative estimate of drug-likeness (QED) is 0.0920. The van der Waals surface area contributed by atoms with Gasteiger partial charge in [-0.05, 0) is 65.4 Å². The number of ether oxygens (including phenoxy) is 4. The van der Waals surface area contributed by atoms with Crippen molar-refractivity contribution in [3.63, 3.8) is 0 Å². The molecule has 0 fully saturated rings. The number of carbonyl (C=O) groups is 4. The molecule has 0 bridgehead atoms. The highest BCUT2D eigenvalue weighted by atomic mass is 16.5. The first-order valence-electron chi connectivity index (χ1n) is 19.7. The molecule has 0 radical (unpaired) electrons. The molecule has 1 heterocycles. The number of hydrogen-bond acceptors (Lipinski definition) is 8. The van der Waals surface area contributed by atoms with Crippen LogP contribution in [-0.4, -0.2) is 28.7 Å². The molecule has 7 rings (SSSR count). The zero-order valence-corrected chi connectivity index (χ0v) is 34.5. The van der Waals surface area contributed by atoms with Gasteiger partial charge < -0.3 is 34.6 Å². The Balaban J connectivity index is 0.000000204. The first-order chi connectivity index (χ1) is 29.6. The van der Waals surface area contributed by atoms with E-state index < -0.39 is 11.9 Å². The Bertz CT molecular complexity index is 2590. The average molecular weight is 818 g/mol. The summed E-state index contributed by atoms with van der Waals surface area (Å²) in [6.45, 7) is 7.51. The summed E-state index contributed by atoms with van der Waals surface area (Å²) in [6, 6.07) is 43.4. The summed E-state index contributed by atoms with van der Waals surface area (Å²) in [6.07, 6.45) is 1.71. The van der Waals surface area contributed by atoms with E-state index in [4.69, 9.17) is 18.9 Å². The molecule has 3 N–H and O–H groups in total. The van der Waals surface area contributed by atoms with Crippen molar-refractivity contribution in [1.29, 1.82) is 0 Å². The highest BCUT2D eigenvalue weighted by molar-refractivity contribution is 6.11. The number of nitrogens with one attached hydrogen (secondary N) is 3. The van der Waals surface area contributed by atoms with Crippen molar-refractivity contribution in [3.8, 4) is 11.5 Å². The van der Waals surface area contributed by atoms with Crippen molar-refractivity contribution in [2.75, 3.05) is 10.6 Å². The molecule has 6 aromatic carbocycles. The lowest BCUT2D eigenvalue weighted by Gasteiger charge is -2.19. The predicted octanol–water partition coefficient (Wildman–Crippen LogP) is 10.3. The van der Waals surface area contributed by atoms with Crippen LogP contribution in [0.2, 0.25) is 0 Å². The largest absolute Gasteiger partial charge is 0.487 e. The molecule has 7 aromatic rings. The van der Waals surface area contributed by atoms with Gasteiger partial charge in [0.25, 0.3) is 0 Å². The van der Waals surface area contributed by atoms with E-state index in [0.29, 0.717) is 51.5 Å². The number of rotatable bonds is 14. The molecule has 11 nitrogen and oxygen atoms in total. The monoisotopic (exact) mass is 817 g/mol. The maximum absolute atomic E-state index is 12.9. The normalized spacial score (nSPS) is 10.5. The second-order valence-electron chi connectivity index (χ2n) is 14.1. The summed E-state index contributed by atoms with van der Waals surface area (Å²) in [5, 5.41) is 6.29. The van der Waals surface area contributed by atoms with Crippen LogP contribution in [0.4, 0.5) is 11.4 Å². The van der Waals surface area contributed by atoms with E-state index in [2.05, 4.69) is 15.6 Å². The molecule has 0 spiro atoms. The van der Waals surface area contributed by atoms with Crippen molar-refractivity contribution >= 4 is 46.0 Å². The summed E-state index contributed by atoms with van der Waals surface area (Å²) in [7, 11) is 0. The molecule has 0 saturated carbocycles. The molecule has 0 aliphatic heterocycles. The van der Waals surface area contributed by atoms with Crippen molar-refractivity contribution in [1.82, 2.24) is 4.98 Å². The van der Waals surface area contributed by atoms with Crippen molar-refractivity contribution in [2.24, 2.45) is 0 Å². The Morgan fingerprint density at radius 3 is 1.34 bits per heavy atom. The lowest BCUT2D eigenvalue weighted by atomic mass is 10.00. The van der Waals surface area contributed by atoms with Gasteiger partial charge >= 0.3 is 11.9 Å². The Labute approximate surface area is 354 Å². The van der Waals surface area contributed by atoms with Crippen molar-refractivity contribution < 1.29 is 38.1 Å². The number of esters is 2. The van der Waals surface area contributed by atoms with Crippen LogP contribution in [0.1, 0.15) is 67.9 Å².